The second-order valence-electron chi connectivity index (χ2n) is 6.12. The van der Waals surface area contributed by atoms with Crippen molar-refractivity contribution in [3.8, 4) is 0 Å². The Balaban J connectivity index is 2.72. The fraction of sp³-hybridized carbons (Fsp3) is 0.857. The quantitative estimate of drug-likeness (QED) is 0.796. The molecule has 2 amide bonds. The van der Waals surface area contributed by atoms with E-state index in [0.717, 1.165) is 13.0 Å². The number of carbonyl (C=O) groups excluding carboxylic acids is 1. The zero-order valence-corrected chi connectivity index (χ0v) is 13.0. The Hall–Kier alpha value is -1.30. The van der Waals surface area contributed by atoms with Gasteiger partial charge in [0.1, 0.15) is 6.04 Å². The van der Waals surface area contributed by atoms with Crippen LogP contribution in [0.1, 0.15) is 26.7 Å². The lowest BCUT2D eigenvalue weighted by Crippen LogP contribution is -2.50. The number of likely N-dealkylation sites (tertiary alicyclic amines) is 1. The van der Waals surface area contributed by atoms with Crippen molar-refractivity contribution in [1.82, 2.24) is 14.7 Å². The Kier molecular flexibility index (Phi) is 6.26. The first-order chi connectivity index (χ1) is 9.32. The Bertz CT molecular complexity index is 345. The number of nitrogens with zero attached hydrogens (tertiary/aromatic N) is 3. The molecule has 6 nitrogen and oxygen atoms in total. The highest BCUT2D eigenvalue weighted by Crippen LogP contribution is 2.19. The smallest absolute Gasteiger partial charge is 0.326 e. The van der Waals surface area contributed by atoms with E-state index in [-0.39, 0.29) is 6.03 Å². The zero-order chi connectivity index (χ0) is 15.3. The molecule has 0 aromatic carbocycles. The maximum Gasteiger partial charge on any atom is 0.326 e. The van der Waals surface area contributed by atoms with Crippen LogP contribution in [-0.4, -0.2) is 78.1 Å². The zero-order valence-electron chi connectivity index (χ0n) is 13.0. The third-order valence-corrected chi connectivity index (χ3v) is 3.46. The molecule has 1 aliphatic rings. The summed E-state index contributed by atoms with van der Waals surface area (Å²) in [6.45, 7) is 6.75. The van der Waals surface area contributed by atoms with E-state index < -0.39 is 12.0 Å². The number of hydrogen-bond donors (Lipinski definition) is 1. The minimum atomic E-state index is -0.895. The van der Waals surface area contributed by atoms with Gasteiger partial charge >= 0.3 is 12.0 Å². The van der Waals surface area contributed by atoms with Crippen LogP contribution in [-0.2, 0) is 4.79 Å². The van der Waals surface area contributed by atoms with Crippen molar-refractivity contribution >= 4 is 12.0 Å². The summed E-state index contributed by atoms with van der Waals surface area (Å²) in [7, 11) is 3.93. The van der Waals surface area contributed by atoms with Gasteiger partial charge in [0.25, 0.3) is 0 Å². The number of aliphatic carboxylic acids is 1. The van der Waals surface area contributed by atoms with Crippen molar-refractivity contribution in [2.45, 2.75) is 32.7 Å². The van der Waals surface area contributed by atoms with E-state index >= 15 is 0 Å². The highest BCUT2D eigenvalue weighted by atomic mass is 16.4. The molecule has 0 radical (unpaired) electrons. The first-order valence-electron chi connectivity index (χ1n) is 7.26. The van der Waals surface area contributed by atoms with E-state index in [9.17, 15) is 14.7 Å². The fourth-order valence-electron chi connectivity index (χ4n) is 2.46. The molecular weight excluding hydrogens is 258 g/mol. The van der Waals surface area contributed by atoms with Crippen molar-refractivity contribution < 1.29 is 14.7 Å². The summed E-state index contributed by atoms with van der Waals surface area (Å²) in [5.41, 5.74) is 0. The third-order valence-electron chi connectivity index (χ3n) is 3.46. The summed E-state index contributed by atoms with van der Waals surface area (Å²) in [5, 5.41) is 9.19. The average Bonchev–Trinajstić information content (AvgIpc) is 2.82. The second-order valence-corrected chi connectivity index (χ2v) is 6.12. The van der Waals surface area contributed by atoms with Crippen LogP contribution < -0.4 is 0 Å². The van der Waals surface area contributed by atoms with Gasteiger partial charge < -0.3 is 19.8 Å². The molecule has 0 aromatic rings. The molecule has 6 heteroatoms. The highest BCUT2D eigenvalue weighted by molar-refractivity contribution is 5.83. The van der Waals surface area contributed by atoms with E-state index in [4.69, 9.17) is 0 Å². The molecular formula is C14H27N3O3. The molecule has 1 atom stereocenters. The number of carbonyl (C=O) groups is 2. The van der Waals surface area contributed by atoms with Crippen LogP contribution in [0, 0.1) is 5.92 Å². The standard InChI is InChI=1S/C14H27N3O3/c1-11(2)10-16(9-8-15(3)4)14(20)17-7-5-6-12(17)13(18)19/h11-12H,5-10H2,1-4H3,(H,18,19). The molecule has 116 valence electrons. The number of carboxylic acid groups (broad SMARTS) is 1. The van der Waals surface area contributed by atoms with Gasteiger partial charge in [-0.05, 0) is 32.9 Å². The van der Waals surface area contributed by atoms with Gasteiger partial charge in [0.2, 0.25) is 0 Å². The molecule has 20 heavy (non-hydrogen) atoms. The first kappa shape index (κ1) is 16.8. The van der Waals surface area contributed by atoms with Crippen molar-refractivity contribution in [3.05, 3.63) is 0 Å². The molecule has 0 spiro atoms. The largest absolute Gasteiger partial charge is 0.480 e. The lowest BCUT2D eigenvalue weighted by Gasteiger charge is -2.32. The Morgan fingerprint density at radius 2 is 1.95 bits per heavy atom. The molecule has 0 aromatic heterocycles. The summed E-state index contributed by atoms with van der Waals surface area (Å²) >= 11 is 0. The van der Waals surface area contributed by atoms with E-state index in [1.165, 1.54) is 4.90 Å². The molecule has 1 aliphatic heterocycles. The number of rotatable bonds is 6. The van der Waals surface area contributed by atoms with Gasteiger partial charge in [-0.2, -0.15) is 0 Å². The van der Waals surface area contributed by atoms with Crippen LogP contribution in [0.15, 0.2) is 0 Å². The van der Waals surface area contributed by atoms with E-state index in [1.807, 2.05) is 19.0 Å². The van der Waals surface area contributed by atoms with Crippen LogP contribution in [0.5, 0.6) is 0 Å². The summed E-state index contributed by atoms with van der Waals surface area (Å²) < 4.78 is 0. The molecule has 0 bridgehead atoms. The maximum absolute atomic E-state index is 12.6. The minimum absolute atomic E-state index is 0.134. The van der Waals surface area contributed by atoms with Crippen LogP contribution in [0.4, 0.5) is 4.79 Å². The van der Waals surface area contributed by atoms with Crippen LogP contribution >= 0.6 is 0 Å². The van der Waals surface area contributed by atoms with Gasteiger partial charge in [0.15, 0.2) is 0 Å². The van der Waals surface area contributed by atoms with E-state index in [0.29, 0.717) is 32.0 Å². The lowest BCUT2D eigenvalue weighted by molar-refractivity contribution is -0.141. The summed E-state index contributed by atoms with van der Waals surface area (Å²) in [5.74, 6) is -0.528. The van der Waals surface area contributed by atoms with Gasteiger partial charge in [0.05, 0.1) is 0 Å². The van der Waals surface area contributed by atoms with Gasteiger partial charge in [-0.25, -0.2) is 9.59 Å². The normalized spacial score (nSPS) is 18.9. The van der Waals surface area contributed by atoms with Crippen LogP contribution in [0.2, 0.25) is 0 Å². The van der Waals surface area contributed by atoms with Gasteiger partial charge in [-0.3, -0.25) is 0 Å². The molecule has 0 saturated carbocycles. The van der Waals surface area contributed by atoms with Crippen molar-refractivity contribution in [1.29, 1.82) is 0 Å². The summed E-state index contributed by atoms with van der Waals surface area (Å²) in [6.07, 6.45) is 1.33. The Morgan fingerprint density at radius 1 is 1.30 bits per heavy atom. The predicted octanol–water partition coefficient (Wildman–Crippen LogP) is 1.18. The van der Waals surface area contributed by atoms with Crippen molar-refractivity contribution in [3.63, 3.8) is 0 Å². The monoisotopic (exact) mass is 285 g/mol. The fourth-order valence-corrected chi connectivity index (χ4v) is 2.46. The minimum Gasteiger partial charge on any atom is -0.480 e. The molecule has 1 N–H and O–H groups in total. The number of likely N-dealkylation sites (N-methyl/N-ethyl adjacent to an activating group) is 1. The molecule has 0 aliphatic carbocycles. The number of urea groups is 1. The highest BCUT2D eigenvalue weighted by Gasteiger charge is 2.36. The Morgan fingerprint density at radius 3 is 2.45 bits per heavy atom. The molecule has 1 rings (SSSR count). The summed E-state index contributed by atoms with van der Waals surface area (Å²) in [6, 6.07) is -0.790. The Labute approximate surface area is 121 Å². The van der Waals surface area contributed by atoms with Gasteiger partial charge in [-0.1, -0.05) is 13.8 Å². The maximum atomic E-state index is 12.6. The summed E-state index contributed by atoms with van der Waals surface area (Å²) in [4.78, 5) is 29.1. The predicted molar refractivity (Wildman–Crippen MR) is 77.7 cm³/mol. The molecule has 1 unspecified atom stereocenters. The SMILES string of the molecule is CC(C)CN(CCN(C)C)C(=O)N1CCCC1C(=O)O. The van der Waals surface area contributed by atoms with Crippen molar-refractivity contribution in [2.75, 3.05) is 40.3 Å². The van der Waals surface area contributed by atoms with Gasteiger partial charge in [0, 0.05) is 26.2 Å². The first-order valence-corrected chi connectivity index (χ1v) is 7.26. The van der Waals surface area contributed by atoms with Crippen LogP contribution in [0.25, 0.3) is 0 Å². The van der Waals surface area contributed by atoms with E-state index in [1.54, 1.807) is 4.90 Å². The number of amides is 2. The van der Waals surface area contributed by atoms with Gasteiger partial charge in [-0.15, -0.1) is 0 Å². The molecule has 1 saturated heterocycles. The number of carboxylic acids is 1. The van der Waals surface area contributed by atoms with Crippen molar-refractivity contribution in [2.24, 2.45) is 5.92 Å². The van der Waals surface area contributed by atoms with Crippen LogP contribution in [0.3, 0.4) is 0 Å². The number of hydrogen-bond acceptors (Lipinski definition) is 3. The van der Waals surface area contributed by atoms with E-state index in [2.05, 4.69) is 13.8 Å². The molecule has 1 fully saturated rings. The second kappa shape index (κ2) is 7.47. The third kappa shape index (κ3) is 4.67. The molecule has 1 heterocycles. The average molecular weight is 285 g/mol. The topological polar surface area (TPSA) is 64.1 Å². The lowest BCUT2D eigenvalue weighted by atomic mass is 10.2.